The van der Waals surface area contributed by atoms with Gasteiger partial charge in [-0.2, -0.15) is 5.48 Å². The van der Waals surface area contributed by atoms with Crippen LogP contribution >= 0.6 is 11.3 Å². The van der Waals surface area contributed by atoms with Crippen LogP contribution in [0.15, 0.2) is 10.9 Å². The molecule has 0 spiro atoms. The van der Waals surface area contributed by atoms with Crippen molar-refractivity contribution in [3.8, 4) is 0 Å². The van der Waals surface area contributed by atoms with Crippen LogP contribution in [0.25, 0.3) is 0 Å². The zero-order valence-corrected chi connectivity index (χ0v) is 8.44. The van der Waals surface area contributed by atoms with E-state index in [0.29, 0.717) is 6.54 Å². The molecule has 0 saturated carbocycles. The first-order valence-corrected chi connectivity index (χ1v) is 4.80. The highest BCUT2D eigenvalue weighted by Gasteiger charge is 2.09. The molecular formula is C8H14N2OS. The molecule has 0 radical (unpaired) electrons. The van der Waals surface area contributed by atoms with Crippen molar-refractivity contribution in [1.29, 1.82) is 0 Å². The van der Waals surface area contributed by atoms with Crippen molar-refractivity contribution < 1.29 is 4.84 Å². The minimum atomic E-state index is -0.143. The quantitative estimate of drug-likeness (QED) is 0.733. The van der Waals surface area contributed by atoms with Crippen molar-refractivity contribution in [2.24, 2.45) is 0 Å². The fraction of sp³-hybridized carbons (Fsp3) is 0.625. The molecule has 0 aliphatic rings. The number of nitrogens with zero attached hydrogens (tertiary/aromatic N) is 1. The van der Waals surface area contributed by atoms with Crippen LogP contribution in [0, 0.1) is 0 Å². The third-order valence-electron chi connectivity index (χ3n) is 1.12. The first-order chi connectivity index (χ1) is 5.58. The van der Waals surface area contributed by atoms with Gasteiger partial charge in [-0.1, -0.05) is 0 Å². The van der Waals surface area contributed by atoms with Crippen LogP contribution in [0.3, 0.4) is 0 Å². The van der Waals surface area contributed by atoms with E-state index in [-0.39, 0.29) is 5.60 Å². The molecule has 1 heterocycles. The summed E-state index contributed by atoms with van der Waals surface area (Å²) < 4.78 is 0. The Bertz CT molecular complexity index is 215. The van der Waals surface area contributed by atoms with Gasteiger partial charge >= 0.3 is 0 Å². The molecule has 4 heteroatoms. The molecule has 0 aliphatic heterocycles. The van der Waals surface area contributed by atoms with E-state index in [9.17, 15) is 0 Å². The summed E-state index contributed by atoms with van der Waals surface area (Å²) in [7, 11) is 0. The van der Waals surface area contributed by atoms with Gasteiger partial charge in [-0.05, 0) is 20.8 Å². The van der Waals surface area contributed by atoms with Gasteiger partial charge in [-0.3, -0.25) is 4.84 Å². The van der Waals surface area contributed by atoms with Crippen LogP contribution in [0.1, 0.15) is 26.5 Å². The predicted octanol–water partition coefficient (Wildman–Crippen LogP) is 1.96. The molecule has 0 amide bonds. The fourth-order valence-electron chi connectivity index (χ4n) is 0.651. The van der Waals surface area contributed by atoms with Gasteiger partial charge in [-0.25, -0.2) is 4.98 Å². The first-order valence-electron chi connectivity index (χ1n) is 3.86. The van der Waals surface area contributed by atoms with E-state index < -0.39 is 0 Å². The molecule has 0 bridgehead atoms. The van der Waals surface area contributed by atoms with E-state index in [1.807, 2.05) is 31.7 Å². The van der Waals surface area contributed by atoms with Gasteiger partial charge in [0.05, 0.1) is 23.4 Å². The van der Waals surface area contributed by atoms with Crippen molar-refractivity contribution in [2.75, 3.05) is 0 Å². The number of hydrogen-bond donors (Lipinski definition) is 1. The summed E-state index contributed by atoms with van der Waals surface area (Å²) in [5.74, 6) is 0. The maximum absolute atomic E-state index is 5.32. The first kappa shape index (κ1) is 9.64. The van der Waals surface area contributed by atoms with Gasteiger partial charge in [0, 0.05) is 5.38 Å². The summed E-state index contributed by atoms with van der Waals surface area (Å²) in [6.45, 7) is 6.67. The highest BCUT2D eigenvalue weighted by Crippen LogP contribution is 2.05. The van der Waals surface area contributed by atoms with E-state index in [4.69, 9.17) is 4.84 Å². The zero-order valence-electron chi connectivity index (χ0n) is 7.63. The van der Waals surface area contributed by atoms with Gasteiger partial charge in [0.25, 0.3) is 0 Å². The minimum Gasteiger partial charge on any atom is -0.296 e. The lowest BCUT2D eigenvalue weighted by Gasteiger charge is -2.18. The molecule has 0 fully saturated rings. The Morgan fingerprint density at radius 2 is 2.33 bits per heavy atom. The van der Waals surface area contributed by atoms with Crippen molar-refractivity contribution >= 4 is 11.3 Å². The van der Waals surface area contributed by atoms with Gasteiger partial charge in [0.2, 0.25) is 0 Å². The van der Waals surface area contributed by atoms with Gasteiger partial charge < -0.3 is 0 Å². The van der Waals surface area contributed by atoms with Crippen LogP contribution < -0.4 is 5.48 Å². The molecule has 0 aliphatic carbocycles. The predicted molar refractivity (Wildman–Crippen MR) is 49.8 cm³/mol. The molecule has 1 aromatic rings. The maximum Gasteiger partial charge on any atom is 0.0813 e. The molecule has 1 aromatic heterocycles. The van der Waals surface area contributed by atoms with E-state index in [0.717, 1.165) is 5.69 Å². The number of nitrogens with one attached hydrogen (secondary N) is 1. The standard InChI is InChI=1S/C8H14N2OS/c1-8(2,3)11-10-4-7-5-12-6-9-7/h5-6,10H,4H2,1-3H3. The van der Waals surface area contributed by atoms with Gasteiger partial charge in [-0.15, -0.1) is 11.3 Å². The molecule has 0 aromatic carbocycles. The van der Waals surface area contributed by atoms with Crippen molar-refractivity contribution in [3.05, 3.63) is 16.6 Å². The fourth-order valence-corrected chi connectivity index (χ4v) is 1.21. The highest BCUT2D eigenvalue weighted by atomic mass is 32.1. The number of aromatic nitrogens is 1. The van der Waals surface area contributed by atoms with Crippen molar-refractivity contribution in [3.63, 3.8) is 0 Å². The molecular weight excluding hydrogens is 172 g/mol. The number of thiazole rings is 1. The number of hydrogen-bond acceptors (Lipinski definition) is 4. The van der Waals surface area contributed by atoms with Crippen molar-refractivity contribution in [2.45, 2.75) is 32.9 Å². The average Bonchev–Trinajstić information content (AvgIpc) is 2.36. The third kappa shape index (κ3) is 3.80. The Labute approximate surface area is 76.7 Å². The molecule has 12 heavy (non-hydrogen) atoms. The SMILES string of the molecule is CC(C)(C)ONCc1cscn1. The Hall–Kier alpha value is -0.450. The molecule has 3 nitrogen and oxygen atoms in total. The van der Waals surface area contributed by atoms with Crippen molar-refractivity contribution in [1.82, 2.24) is 10.5 Å². The molecule has 0 atom stereocenters. The summed E-state index contributed by atoms with van der Waals surface area (Å²) in [5, 5.41) is 2.00. The Morgan fingerprint density at radius 1 is 1.58 bits per heavy atom. The average molecular weight is 186 g/mol. The summed E-state index contributed by atoms with van der Waals surface area (Å²) in [5.41, 5.74) is 5.56. The molecule has 1 N–H and O–H groups in total. The van der Waals surface area contributed by atoms with Gasteiger partial charge in [0.15, 0.2) is 0 Å². The van der Waals surface area contributed by atoms with Crippen LogP contribution in [0.2, 0.25) is 0 Å². The molecule has 68 valence electrons. The second-order valence-electron chi connectivity index (χ2n) is 3.52. The summed E-state index contributed by atoms with van der Waals surface area (Å²) in [6.07, 6.45) is 0. The second kappa shape index (κ2) is 3.98. The molecule has 0 unspecified atom stereocenters. The van der Waals surface area contributed by atoms with Crippen LogP contribution in [0.5, 0.6) is 0 Å². The molecule has 1 rings (SSSR count). The summed E-state index contributed by atoms with van der Waals surface area (Å²) in [6, 6.07) is 0. The third-order valence-corrected chi connectivity index (χ3v) is 1.75. The van der Waals surface area contributed by atoms with Crippen LogP contribution in [-0.2, 0) is 11.4 Å². The number of rotatable bonds is 3. The number of hydroxylamine groups is 1. The maximum atomic E-state index is 5.32. The van der Waals surface area contributed by atoms with E-state index >= 15 is 0 Å². The van der Waals surface area contributed by atoms with E-state index in [2.05, 4.69) is 10.5 Å². The minimum absolute atomic E-state index is 0.143. The van der Waals surface area contributed by atoms with Crippen LogP contribution in [-0.4, -0.2) is 10.6 Å². The van der Waals surface area contributed by atoms with E-state index in [1.165, 1.54) is 0 Å². The smallest absolute Gasteiger partial charge is 0.0813 e. The highest BCUT2D eigenvalue weighted by molar-refractivity contribution is 7.07. The van der Waals surface area contributed by atoms with Gasteiger partial charge in [0.1, 0.15) is 0 Å². The second-order valence-corrected chi connectivity index (χ2v) is 4.23. The Morgan fingerprint density at radius 3 is 2.83 bits per heavy atom. The Balaban J connectivity index is 2.20. The summed E-state index contributed by atoms with van der Waals surface area (Å²) >= 11 is 1.59. The summed E-state index contributed by atoms with van der Waals surface area (Å²) in [4.78, 5) is 9.43. The lowest BCUT2D eigenvalue weighted by Crippen LogP contribution is -2.28. The zero-order chi connectivity index (χ0) is 9.03. The van der Waals surface area contributed by atoms with E-state index in [1.54, 1.807) is 11.3 Å². The lowest BCUT2D eigenvalue weighted by atomic mass is 10.2. The Kier molecular flexibility index (Phi) is 3.20. The largest absolute Gasteiger partial charge is 0.296 e. The topological polar surface area (TPSA) is 34.1 Å². The monoisotopic (exact) mass is 186 g/mol. The molecule has 0 saturated heterocycles. The van der Waals surface area contributed by atoms with Crippen LogP contribution in [0.4, 0.5) is 0 Å². The lowest BCUT2D eigenvalue weighted by molar-refractivity contribution is -0.0760. The normalized spacial score (nSPS) is 11.9.